The quantitative estimate of drug-likeness (QED) is 0.920. The van der Waals surface area contributed by atoms with Crippen molar-refractivity contribution in [2.75, 3.05) is 0 Å². The van der Waals surface area contributed by atoms with Gasteiger partial charge in [0.15, 0.2) is 0 Å². The van der Waals surface area contributed by atoms with Crippen LogP contribution in [0.2, 0.25) is 10.0 Å². The lowest BCUT2D eigenvalue weighted by molar-refractivity contribution is -0.145. The molecule has 0 aliphatic rings. The van der Waals surface area contributed by atoms with Crippen LogP contribution >= 0.6 is 23.2 Å². The Morgan fingerprint density at radius 2 is 1.79 bits per heavy atom. The molecule has 0 heterocycles. The van der Waals surface area contributed by atoms with Gasteiger partial charge in [0, 0.05) is 10.6 Å². The summed E-state index contributed by atoms with van der Waals surface area (Å²) >= 11 is 11.7. The molecular weight excluding hydrogens is 287 g/mol. The van der Waals surface area contributed by atoms with Crippen molar-refractivity contribution in [3.8, 4) is 5.75 Å². The summed E-state index contributed by atoms with van der Waals surface area (Å²) in [6.07, 6.45) is -1.11. The Bertz CT molecular complexity index is 584. The second-order valence-corrected chi connectivity index (χ2v) is 4.67. The van der Waals surface area contributed by atoms with Crippen molar-refractivity contribution in [3.05, 3.63) is 64.1 Å². The predicted molar refractivity (Wildman–Crippen MR) is 73.9 cm³/mol. The molecule has 1 unspecified atom stereocenters. The molecule has 0 aliphatic carbocycles. The average molecular weight is 297 g/mol. The van der Waals surface area contributed by atoms with Crippen molar-refractivity contribution < 1.29 is 14.6 Å². The highest BCUT2D eigenvalue weighted by atomic mass is 35.5. The summed E-state index contributed by atoms with van der Waals surface area (Å²) in [4.78, 5) is 11.3. The minimum absolute atomic E-state index is 0.273. The topological polar surface area (TPSA) is 46.5 Å². The Balaban J connectivity index is 2.29. The molecule has 98 valence electrons. The van der Waals surface area contributed by atoms with E-state index < -0.39 is 12.1 Å². The summed E-state index contributed by atoms with van der Waals surface area (Å²) in [5, 5.41) is 9.97. The summed E-state index contributed by atoms with van der Waals surface area (Å²) in [5.74, 6) is -0.806. The Labute approximate surface area is 120 Å². The average Bonchev–Trinajstić information content (AvgIpc) is 2.38. The van der Waals surface area contributed by atoms with Crippen molar-refractivity contribution in [2.45, 2.75) is 6.10 Å². The molecule has 2 aromatic rings. The number of halogens is 2. The number of rotatable bonds is 4. The van der Waals surface area contributed by atoms with E-state index in [9.17, 15) is 9.90 Å². The van der Waals surface area contributed by atoms with E-state index in [4.69, 9.17) is 27.9 Å². The van der Waals surface area contributed by atoms with Gasteiger partial charge >= 0.3 is 5.97 Å². The van der Waals surface area contributed by atoms with Crippen LogP contribution in [0.1, 0.15) is 11.7 Å². The summed E-state index contributed by atoms with van der Waals surface area (Å²) in [6, 6.07) is 13.3. The van der Waals surface area contributed by atoms with Crippen LogP contribution in [0.15, 0.2) is 48.5 Å². The molecule has 0 radical (unpaired) electrons. The molecule has 0 saturated carbocycles. The van der Waals surface area contributed by atoms with E-state index in [0.717, 1.165) is 0 Å². The lowest BCUT2D eigenvalue weighted by atomic mass is 10.1. The van der Waals surface area contributed by atoms with Crippen molar-refractivity contribution in [1.82, 2.24) is 0 Å². The molecule has 5 heteroatoms. The first kappa shape index (κ1) is 13.7. The number of ether oxygens (including phenoxy) is 1. The molecule has 0 aliphatic heterocycles. The van der Waals surface area contributed by atoms with Crippen LogP contribution in [0.4, 0.5) is 0 Å². The van der Waals surface area contributed by atoms with Crippen LogP contribution in [-0.4, -0.2) is 11.1 Å². The third kappa shape index (κ3) is 3.40. The van der Waals surface area contributed by atoms with Gasteiger partial charge in [0.1, 0.15) is 5.75 Å². The zero-order valence-corrected chi connectivity index (χ0v) is 11.2. The third-order valence-corrected chi connectivity index (χ3v) is 3.00. The Morgan fingerprint density at radius 1 is 1.11 bits per heavy atom. The normalized spacial score (nSPS) is 11.9. The van der Waals surface area contributed by atoms with E-state index in [1.54, 1.807) is 42.5 Å². The van der Waals surface area contributed by atoms with Gasteiger partial charge in [0.05, 0.1) is 5.02 Å². The molecular formula is C14H10Cl2O3. The van der Waals surface area contributed by atoms with Gasteiger partial charge in [-0.2, -0.15) is 0 Å². The third-order valence-electron chi connectivity index (χ3n) is 2.47. The molecule has 0 fully saturated rings. The van der Waals surface area contributed by atoms with Crippen LogP contribution in [0, 0.1) is 0 Å². The Morgan fingerprint density at radius 3 is 2.37 bits per heavy atom. The van der Waals surface area contributed by atoms with Gasteiger partial charge in [-0.15, -0.1) is 0 Å². The number of hydrogen-bond donors (Lipinski definition) is 1. The van der Waals surface area contributed by atoms with E-state index >= 15 is 0 Å². The SMILES string of the molecule is O=C(O)C(Oc1ccc(Cl)cc1Cl)c1ccccc1. The van der Waals surface area contributed by atoms with Crippen LogP contribution in [0.5, 0.6) is 5.75 Å². The number of carboxylic acid groups (broad SMARTS) is 1. The number of carbonyl (C=O) groups is 1. The van der Waals surface area contributed by atoms with Gasteiger partial charge in [-0.25, -0.2) is 4.79 Å². The highest BCUT2D eigenvalue weighted by molar-refractivity contribution is 6.35. The lowest BCUT2D eigenvalue weighted by Gasteiger charge is -2.16. The minimum atomic E-state index is -1.11. The van der Waals surface area contributed by atoms with E-state index in [0.29, 0.717) is 10.6 Å². The predicted octanol–water partition coefficient (Wildman–Crippen LogP) is 4.20. The summed E-state index contributed by atoms with van der Waals surface area (Å²) < 4.78 is 5.46. The fourth-order valence-corrected chi connectivity index (χ4v) is 2.04. The number of hydrogen-bond acceptors (Lipinski definition) is 2. The van der Waals surface area contributed by atoms with Gasteiger partial charge in [0.25, 0.3) is 0 Å². The standard InChI is InChI=1S/C14H10Cl2O3/c15-10-6-7-12(11(16)8-10)19-13(14(17)18)9-4-2-1-3-5-9/h1-8,13H,(H,17,18). The molecule has 0 spiro atoms. The minimum Gasteiger partial charge on any atom is -0.478 e. The molecule has 1 atom stereocenters. The second-order valence-electron chi connectivity index (χ2n) is 3.82. The Hall–Kier alpha value is -1.71. The van der Waals surface area contributed by atoms with Crippen molar-refractivity contribution in [2.24, 2.45) is 0 Å². The van der Waals surface area contributed by atoms with Crippen molar-refractivity contribution in [1.29, 1.82) is 0 Å². The monoisotopic (exact) mass is 296 g/mol. The highest BCUT2D eigenvalue weighted by Gasteiger charge is 2.22. The molecule has 3 nitrogen and oxygen atoms in total. The number of aliphatic carboxylic acids is 1. The van der Waals surface area contributed by atoms with E-state index in [-0.39, 0.29) is 10.8 Å². The fraction of sp³-hybridized carbons (Fsp3) is 0.0714. The van der Waals surface area contributed by atoms with Gasteiger partial charge in [-0.05, 0) is 18.2 Å². The van der Waals surface area contributed by atoms with E-state index in [1.807, 2.05) is 0 Å². The van der Waals surface area contributed by atoms with Crippen LogP contribution in [0.3, 0.4) is 0 Å². The van der Waals surface area contributed by atoms with Crippen LogP contribution in [-0.2, 0) is 4.79 Å². The van der Waals surface area contributed by atoms with Gasteiger partial charge < -0.3 is 9.84 Å². The van der Waals surface area contributed by atoms with E-state index in [2.05, 4.69) is 0 Å². The highest BCUT2D eigenvalue weighted by Crippen LogP contribution is 2.31. The van der Waals surface area contributed by atoms with E-state index in [1.165, 1.54) is 6.07 Å². The maximum Gasteiger partial charge on any atom is 0.349 e. The molecule has 0 amide bonds. The lowest BCUT2D eigenvalue weighted by Crippen LogP contribution is -2.18. The number of benzene rings is 2. The fourth-order valence-electron chi connectivity index (χ4n) is 1.59. The summed E-state index contributed by atoms with van der Waals surface area (Å²) in [6.45, 7) is 0. The first-order valence-electron chi connectivity index (χ1n) is 5.47. The smallest absolute Gasteiger partial charge is 0.349 e. The zero-order valence-electron chi connectivity index (χ0n) is 9.72. The van der Waals surface area contributed by atoms with Gasteiger partial charge in [0.2, 0.25) is 6.10 Å². The molecule has 1 N–H and O–H groups in total. The molecule has 0 aromatic heterocycles. The maximum absolute atomic E-state index is 11.3. The first-order chi connectivity index (χ1) is 9.08. The summed E-state index contributed by atoms with van der Waals surface area (Å²) in [7, 11) is 0. The number of carboxylic acids is 1. The zero-order chi connectivity index (χ0) is 13.8. The molecule has 2 rings (SSSR count). The van der Waals surface area contributed by atoms with Gasteiger partial charge in [-0.1, -0.05) is 53.5 Å². The first-order valence-corrected chi connectivity index (χ1v) is 6.23. The van der Waals surface area contributed by atoms with Crippen LogP contribution in [0.25, 0.3) is 0 Å². The van der Waals surface area contributed by atoms with Crippen LogP contribution < -0.4 is 4.74 Å². The molecule has 2 aromatic carbocycles. The molecule has 0 bridgehead atoms. The summed E-state index contributed by atoms with van der Waals surface area (Å²) in [5.41, 5.74) is 0.543. The van der Waals surface area contributed by atoms with Gasteiger partial charge in [-0.3, -0.25) is 0 Å². The second kappa shape index (κ2) is 5.95. The molecule has 0 saturated heterocycles. The van der Waals surface area contributed by atoms with Crippen molar-refractivity contribution >= 4 is 29.2 Å². The Kier molecular flexibility index (Phi) is 4.30. The van der Waals surface area contributed by atoms with Crippen molar-refractivity contribution in [3.63, 3.8) is 0 Å². The largest absolute Gasteiger partial charge is 0.478 e. The molecule has 19 heavy (non-hydrogen) atoms. The maximum atomic E-state index is 11.3.